The van der Waals surface area contributed by atoms with Crippen LogP contribution in [0.25, 0.3) is 10.9 Å². The van der Waals surface area contributed by atoms with Crippen LogP contribution >= 0.6 is 0 Å². The summed E-state index contributed by atoms with van der Waals surface area (Å²) in [5.74, 6) is 1.22. The number of hydrogen-bond donors (Lipinski definition) is 1. The van der Waals surface area contributed by atoms with Gasteiger partial charge in [-0.3, -0.25) is 9.69 Å². The number of alkyl halides is 3. The largest absolute Gasteiger partial charge is 0.494 e. The molecule has 2 aromatic heterocycles. The molecule has 228 valence electrons. The van der Waals surface area contributed by atoms with Crippen LogP contribution < -0.4 is 15.2 Å². The fourth-order valence-electron chi connectivity index (χ4n) is 5.72. The van der Waals surface area contributed by atoms with Gasteiger partial charge in [0.2, 0.25) is 0 Å². The van der Waals surface area contributed by atoms with Crippen molar-refractivity contribution in [3.05, 3.63) is 112 Å². The van der Waals surface area contributed by atoms with Crippen LogP contribution in [0.2, 0.25) is 0 Å². The summed E-state index contributed by atoms with van der Waals surface area (Å²) in [6, 6.07) is 22.2. The molecule has 0 spiro atoms. The number of halogens is 3. The zero-order valence-corrected chi connectivity index (χ0v) is 24.2. The second-order valence-corrected chi connectivity index (χ2v) is 10.7. The van der Waals surface area contributed by atoms with Gasteiger partial charge < -0.3 is 14.6 Å². The Labute approximate surface area is 251 Å². The van der Waals surface area contributed by atoms with Crippen LogP contribution in [-0.4, -0.2) is 62.9 Å². The van der Waals surface area contributed by atoms with E-state index in [0.717, 1.165) is 17.0 Å². The lowest BCUT2D eigenvalue weighted by Crippen LogP contribution is -2.49. The van der Waals surface area contributed by atoms with Crippen molar-refractivity contribution in [1.82, 2.24) is 30.1 Å². The summed E-state index contributed by atoms with van der Waals surface area (Å²) in [5.41, 5.74) is 1.86. The number of hydrogen-bond acceptors (Lipinski definition) is 7. The molecule has 0 radical (unpaired) electrons. The zero-order chi connectivity index (χ0) is 30.7. The molecule has 0 saturated carbocycles. The SMILES string of the molecule is CCOc1ccc2[nH]c(=O)c([C@H](c3nnnn3CCc3ccccc3)N3CCN(c4cccc(C(F)(F)F)c4)CC3)cc2c1. The van der Waals surface area contributed by atoms with Crippen molar-refractivity contribution in [1.29, 1.82) is 0 Å². The van der Waals surface area contributed by atoms with Crippen LogP contribution in [0.3, 0.4) is 0 Å². The third-order valence-electron chi connectivity index (χ3n) is 7.93. The summed E-state index contributed by atoms with van der Waals surface area (Å²) in [5, 5.41) is 13.5. The molecule has 0 aliphatic carbocycles. The summed E-state index contributed by atoms with van der Waals surface area (Å²) in [4.78, 5) is 20.7. The Hall–Kier alpha value is -4.71. The number of fused-ring (bicyclic) bond motifs is 1. The van der Waals surface area contributed by atoms with Crippen molar-refractivity contribution in [2.75, 3.05) is 37.7 Å². The molecule has 1 aliphatic heterocycles. The Morgan fingerprint density at radius 3 is 2.50 bits per heavy atom. The first-order valence-corrected chi connectivity index (χ1v) is 14.6. The molecule has 6 rings (SSSR count). The fourth-order valence-corrected chi connectivity index (χ4v) is 5.72. The molecular weight excluding hydrogens is 571 g/mol. The fraction of sp³-hybridized carbons (Fsp3) is 0.312. The molecule has 12 heteroatoms. The first kappa shape index (κ1) is 29.4. The predicted molar refractivity (Wildman–Crippen MR) is 161 cm³/mol. The summed E-state index contributed by atoms with van der Waals surface area (Å²) in [7, 11) is 0. The Morgan fingerprint density at radius 2 is 1.75 bits per heavy atom. The molecule has 1 fully saturated rings. The smallest absolute Gasteiger partial charge is 0.416 e. The maximum absolute atomic E-state index is 13.6. The monoisotopic (exact) mass is 603 g/mol. The topological polar surface area (TPSA) is 92.2 Å². The quantitative estimate of drug-likeness (QED) is 0.251. The lowest BCUT2D eigenvalue weighted by molar-refractivity contribution is -0.137. The minimum atomic E-state index is -4.42. The van der Waals surface area contributed by atoms with E-state index in [-0.39, 0.29) is 5.56 Å². The van der Waals surface area contributed by atoms with Crippen LogP contribution in [0.5, 0.6) is 5.75 Å². The molecule has 0 amide bonds. The minimum absolute atomic E-state index is 0.260. The van der Waals surface area contributed by atoms with Gasteiger partial charge in [0, 0.05) is 54.9 Å². The summed E-state index contributed by atoms with van der Waals surface area (Å²) >= 11 is 0. The second-order valence-electron chi connectivity index (χ2n) is 10.7. The number of nitrogens with zero attached hydrogens (tertiary/aromatic N) is 6. The number of ether oxygens (including phenoxy) is 1. The van der Waals surface area contributed by atoms with Crippen molar-refractivity contribution in [2.24, 2.45) is 0 Å². The second kappa shape index (κ2) is 12.5. The minimum Gasteiger partial charge on any atom is -0.494 e. The zero-order valence-electron chi connectivity index (χ0n) is 24.2. The molecule has 0 unspecified atom stereocenters. The molecule has 9 nitrogen and oxygen atoms in total. The number of anilines is 1. The van der Waals surface area contributed by atoms with Gasteiger partial charge >= 0.3 is 6.18 Å². The normalized spacial score (nSPS) is 15.0. The van der Waals surface area contributed by atoms with Crippen LogP contribution in [0.1, 0.15) is 35.5 Å². The summed E-state index contributed by atoms with van der Waals surface area (Å²) in [6.07, 6.45) is -3.72. The van der Waals surface area contributed by atoms with Gasteiger partial charge in [-0.05, 0) is 71.8 Å². The van der Waals surface area contributed by atoms with Crippen molar-refractivity contribution in [3.8, 4) is 5.75 Å². The third kappa shape index (κ3) is 6.30. The van der Waals surface area contributed by atoms with Gasteiger partial charge in [0.05, 0.1) is 12.2 Å². The number of rotatable bonds is 9. The summed E-state index contributed by atoms with van der Waals surface area (Å²) < 4.78 is 47.6. The van der Waals surface area contributed by atoms with E-state index >= 15 is 0 Å². The Morgan fingerprint density at radius 1 is 0.955 bits per heavy atom. The van der Waals surface area contributed by atoms with E-state index in [1.807, 2.05) is 66.4 Å². The third-order valence-corrected chi connectivity index (χ3v) is 7.93. The molecule has 3 aromatic carbocycles. The number of tetrazole rings is 1. The van der Waals surface area contributed by atoms with Gasteiger partial charge in [-0.25, -0.2) is 4.68 Å². The van der Waals surface area contributed by atoms with E-state index in [4.69, 9.17) is 4.74 Å². The number of H-pyrrole nitrogens is 1. The van der Waals surface area contributed by atoms with Crippen LogP contribution in [0, 0.1) is 0 Å². The van der Waals surface area contributed by atoms with Crippen molar-refractivity contribution >= 4 is 16.6 Å². The average Bonchev–Trinajstić information content (AvgIpc) is 3.49. The Bertz CT molecular complexity index is 1780. The van der Waals surface area contributed by atoms with Gasteiger partial charge in [-0.15, -0.1) is 5.10 Å². The van der Waals surface area contributed by atoms with Gasteiger partial charge in [0.1, 0.15) is 11.8 Å². The maximum atomic E-state index is 13.6. The number of nitrogens with one attached hydrogen (secondary N) is 1. The number of aromatic nitrogens is 5. The van der Waals surface area contributed by atoms with E-state index < -0.39 is 17.8 Å². The number of aryl methyl sites for hydroxylation is 2. The highest BCUT2D eigenvalue weighted by molar-refractivity contribution is 5.80. The standard InChI is InChI=1S/C32H32F3N7O2/c1-2-44-26-11-12-28-23(19-26)20-27(31(43)36-28)29(30-37-38-39-42(30)14-13-22-7-4-3-5-8-22)41-17-15-40(16-18-41)25-10-6-9-24(21-25)32(33,34)35/h3-12,19-21,29H,2,13-18H2,1H3,(H,36,43)/t29-/m1/s1. The van der Waals surface area contributed by atoms with Crippen molar-refractivity contribution in [3.63, 3.8) is 0 Å². The lowest BCUT2D eigenvalue weighted by Gasteiger charge is -2.39. The van der Waals surface area contributed by atoms with Crippen LogP contribution in [0.4, 0.5) is 18.9 Å². The molecule has 1 N–H and O–H groups in total. The highest BCUT2D eigenvalue weighted by Gasteiger charge is 2.34. The molecule has 1 atom stereocenters. The van der Waals surface area contributed by atoms with Crippen molar-refractivity contribution in [2.45, 2.75) is 32.1 Å². The first-order chi connectivity index (χ1) is 21.3. The molecule has 0 bridgehead atoms. The van der Waals surface area contributed by atoms with Crippen LogP contribution in [-0.2, 0) is 19.1 Å². The number of piperazine rings is 1. The maximum Gasteiger partial charge on any atom is 0.416 e. The van der Waals surface area contributed by atoms with Gasteiger partial charge in [-0.1, -0.05) is 36.4 Å². The molecule has 5 aromatic rings. The van der Waals surface area contributed by atoms with Crippen molar-refractivity contribution < 1.29 is 17.9 Å². The molecule has 1 saturated heterocycles. The molecule has 1 aliphatic rings. The number of aromatic amines is 1. The molecule has 3 heterocycles. The highest BCUT2D eigenvalue weighted by atomic mass is 19.4. The average molecular weight is 604 g/mol. The highest BCUT2D eigenvalue weighted by Crippen LogP contribution is 2.33. The lowest BCUT2D eigenvalue weighted by atomic mass is 10.0. The number of pyridine rings is 1. The van der Waals surface area contributed by atoms with Gasteiger partial charge in [0.15, 0.2) is 5.82 Å². The number of benzene rings is 3. The van der Waals surface area contributed by atoms with E-state index in [9.17, 15) is 18.0 Å². The van der Waals surface area contributed by atoms with Crippen LogP contribution in [0.15, 0.2) is 83.7 Å². The van der Waals surface area contributed by atoms with E-state index in [1.54, 1.807) is 10.7 Å². The molecule has 44 heavy (non-hydrogen) atoms. The predicted octanol–water partition coefficient (Wildman–Crippen LogP) is 5.09. The first-order valence-electron chi connectivity index (χ1n) is 14.6. The van der Waals surface area contributed by atoms with Gasteiger partial charge in [0.25, 0.3) is 5.56 Å². The Kier molecular flexibility index (Phi) is 8.34. The summed E-state index contributed by atoms with van der Waals surface area (Å²) in [6.45, 7) is 4.80. The van der Waals surface area contributed by atoms with E-state index in [1.165, 1.54) is 12.1 Å². The Balaban J connectivity index is 1.34. The van der Waals surface area contributed by atoms with E-state index in [0.29, 0.717) is 74.1 Å². The van der Waals surface area contributed by atoms with Gasteiger partial charge in [-0.2, -0.15) is 13.2 Å². The van der Waals surface area contributed by atoms with E-state index in [2.05, 4.69) is 25.4 Å². The molecular formula is C32H32F3N7O2.